The molecule has 1 aromatic rings. The van der Waals surface area contributed by atoms with E-state index in [0.29, 0.717) is 38.2 Å². The van der Waals surface area contributed by atoms with Crippen LogP contribution in [0.4, 0.5) is 18.0 Å². The van der Waals surface area contributed by atoms with E-state index in [-0.39, 0.29) is 42.1 Å². The van der Waals surface area contributed by atoms with Gasteiger partial charge in [0.2, 0.25) is 0 Å². The molecule has 3 aliphatic heterocycles. The van der Waals surface area contributed by atoms with Crippen LogP contribution in [0.5, 0.6) is 5.75 Å². The number of rotatable bonds is 1. The van der Waals surface area contributed by atoms with Crippen molar-refractivity contribution in [2.24, 2.45) is 11.8 Å². The molecule has 1 aromatic carbocycles. The van der Waals surface area contributed by atoms with E-state index >= 15 is 0 Å². The van der Waals surface area contributed by atoms with E-state index in [0.717, 1.165) is 6.42 Å². The van der Waals surface area contributed by atoms with Crippen LogP contribution in [0.2, 0.25) is 0 Å². The predicted molar refractivity (Wildman–Crippen MR) is 99.5 cm³/mol. The van der Waals surface area contributed by atoms with E-state index in [4.69, 9.17) is 4.74 Å². The molecular weight excluding hydrogens is 401 g/mol. The van der Waals surface area contributed by atoms with Crippen molar-refractivity contribution < 1.29 is 32.2 Å². The number of benzene rings is 1. The second kappa shape index (κ2) is 8.19. The standard InChI is InChI=1S/C21H21F3N2O4/c22-21(23,24)30-18-5-3-14(4-6-18)1-2-15-10-26(11-15)20(28)25-8-7-19-16(12-25)9-17(27)13-29-19/h3-6,15-16,19H,7-13H2/t16-,19+/m1/s1. The van der Waals surface area contributed by atoms with Crippen LogP contribution in [0.15, 0.2) is 24.3 Å². The average molecular weight is 422 g/mol. The second-order valence-corrected chi connectivity index (χ2v) is 7.81. The minimum absolute atomic E-state index is 0.0252. The lowest BCUT2D eigenvalue weighted by molar-refractivity contribution is -0.274. The summed E-state index contributed by atoms with van der Waals surface area (Å²) in [5.41, 5.74) is 0.582. The number of likely N-dealkylation sites (tertiary alicyclic amines) is 2. The molecule has 160 valence electrons. The summed E-state index contributed by atoms with van der Waals surface area (Å²) in [6.45, 7) is 2.36. The first-order chi connectivity index (χ1) is 14.3. The van der Waals surface area contributed by atoms with Gasteiger partial charge in [0.05, 0.1) is 12.0 Å². The summed E-state index contributed by atoms with van der Waals surface area (Å²) < 4.78 is 45.9. The lowest BCUT2D eigenvalue weighted by Gasteiger charge is -2.45. The molecule has 2 atom stereocenters. The van der Waals surface area contributed by atoms with Gasteiger partial charge in [-0.05, 0) is 30.7 Å². The highest BCUT2D eigenvalue weighted by Gasteiger charge is 2.39. The number of ether oxygens (including phenoxy) is 2. The highest BCUT2D eigenvalue weighted by Crippen LogP contribution is 2.29. The third-order valence-corrected chi connectivity index (χ3v) is 5.54. The molecule has 3 heterocycles. The lowest BCUT2D eigenvalue weighted by atomic mass is 9.88. The number of piperidine rings is 1. The Labute approximate surface area is 171 Å². The normalized spacial score (nSPS) is 24.4. The van der Waals surface area contributed by atoms with Gasteiger partial charge in [0.1, 0.15) is 12.4 Å². The Morgan fingerprint density at radius 3 is 2.57 bits per heavy atom. The van der Waals surface area contributed by atoms with Crippen LogP contribution in [0.1, 0.15) is 18.4 Å². The Balaban J connectivity index is 1.25. The van der Waals surface area contributed by atoms with Gasteiger partial charge in [0, 0.05) is 44.1 Å². The number of Topliss-reactive ketones (excluding diaryl/α,β-unsaturated/α-hetero) is 1. The Morgan fingerprint density at radius 2 is 1.87 bits per heavy atom. The molecule has 6 nitrogen and oxygen atoms in total. The molecule has 2 amide bonds. The minimum atomic E-state index is -4.72. The molecule has 3 saturated heterocycles. The van der Waals surface area contributed by atoms with Gasteiger partial charge in [-0.3, -0.25) is 4.79 Å². The Bertz CT molecular complexity index is 869. The van der Waals surface area contributed by atoms with Crippen molar-refractivity contribution >= 4 is 11.8 Å². The van der Waals surface area contributed by atoms with E-state index in [1.165, 1.54) is 24.3 Å². The van der Waals surface area contributed by atoms with Crippen molar-refractivity contribution in [1.29, 1.82) is 0 Å². The zero-order chi connectivity index (χ0) is 21.3. The maximum Gasteiger partial charge on any atom is 0.573 e. The number of hydrogen-bond donors (Lipinski definition) is 0. The fraction of sp³-hybridized carbons (Fsp3) is 0.524. The Morgan fingerprint density at radius 1 is 1.13 bits per heavy atom. The number of halogens is 3. The summed E-state index contributed by atoms with van der Waals surface area (Å²) in [6.07, 6.45) is -3.44. The number of urea groups is 1. The lowest BCUT2D eigenvalue weighted by Crippen LogP contribution is -2.58. The van der Waals surface area contributed by atoms with Crippen LogP contribution < -0.4 is 4.74 Å². The zero-order valence-corrected chi connectivity index (χ0v) is 16.2. The summed E-state index contributed by atoms with van der Waals surface area (Å²) in [7, 11) is 0. The average Bonchev–Trinajstić information content (AvgIpc) is 2.66. The quantitative estimate of drug-likeness (QED) is 0.653. The van der Waals surface area contributed by atoms with Crippen LogP contribution in [-0.2, 0) is 9.53 Å². The summed E-state index contributed by atoms with van der Waals surface area (Å²) in [5.74, 6) is 5.87. The van der Waals surface area contributed by atoms with Crippen LogP contribution in [-0.4, -0.2) is 66.9 Å². The fourth-order valence-electron chi connectivity index (χ4n) is 4.00. The maximum absolute atomic E-state index is 12.7. The van der Waals surface area contributed by atoms with Gasteiger partial charge < -0.3 is 19.3 Å². The van der Waals surface area contributed by atoms with Crippen LogP contribution in [0.25, 0.3) is 0 Å². The van der Waals surface area contributed by atoms with Crippen LogP contribution >= 0.6 is 0 Å². The molecule has 0 saturated carbocycles. The van der Waals surface area contributed by atoms with Gasteiger partial charge in [0.25, 0.3) is 0 Å². The fourth-order valence-corrected chi connectivity index (χ4v) is 4.00. The highest BCUT2D eigenvalue weighted by molar-refractivity contribution is 5.81. The molecule has 9 heteroatoms. The van der Waals surface area contributed by atoms with Gasteiger partial charge in [-0.2, -0.15) is 0 Å². The van der Waals surface area contributed by atoms with Crippen molar-refractivity contribution in [3.05, 3.63) is 29.8 Å². The second-order valence-electron chi connectivity index (χ2n) is 7.81. The van der Waals surface area contributed by atoms with Crippen LogP contribution in [0, 0.1) is 23.7 Å². The van der Waals surface area contributed by atoms with Gasteiger partial charge >= 0.3 is 12.4 Å². The summed E-state index contributed by atoms with van der Waals surface area (Å²) in [6, 6.07) is 5.33. The first-order valence-corrected chi connectivity index (χ1v) is 9.81. The van der Waals surface area contributed by atoms with Crippen molar-refractivity contribution in [2.45, 2.75) is 25.3 Å². The van der Waals surface area contributed by atoms with Gasteiger partial charge in [0.15, 0.2) is 5.78 Å². The van der Waals surface area contributed by atoms with E-state index in [1.807, 2.05) is 0 Å². The van der Waals surface area contributed by atoms with E-state index in [1.54, 1.807) is 9.80 Å². The van der Waals surface area contributed by atoms with Crippen LogP contribution in [0.3, 0.4) is 0 Å². The zero-order valence-electron chi connectivity index (χ0n) is 16.2. The minimum Gasteiger partial charge on any atom is -0.406 e. The smallest absolute Gasteiger partial charge is 0.406 e. The number of carbonyl (C=O) groups is 2. The molecule has 30 heavy (non-hydrogen) atoms. The van der Waals surface area contributed by atoms with Crippen molar-refractivity contribution in [2.75, 3.05) is 32.8 Å². The highest BCUT2D eigenvalue weighted by atomic mass is 19.4. The molecule has 0 unspecified atom stereocenters. The maximum atomic E-state index is 12.7. The van der Waals surface area contributed by atoms with Crippen molar-refractivity contribution in [3.8, 4) is 17.6 Å². The number of alkyl halides is 3. The first kappa shape index (κ1) is 20.5. The third kappa shape index (κ3) is 4.87. The number of nitrogens with zero attached hydrogens (tertiary/aromatic N) is 2. The number of fused-ring (bicyclic) bond motifs is 1. The van der Waals surface area contributed by atoms with E-state index in [2.05, 4.69) is 16.6 Å². The number of hydrogen-bond acceptors (Lipinski definition) is 4. The van der Waals surface area contributed by atoms with Gasteiger partial charge in [-0.1, -0.05) is 11.8 Å². The topological polar surface area (TPSA) is 59.1 Å². The van der Waals surface area contributed by atoms with Gasteiger partial charge in [-0.15, -0.1) is 13.2 Å². The summed E-state index contributed by atoms with van der Waals surface area (Å²) in [4.78, 5) is 27.8. The Hall–Kier alpha value is -2.73. The molecule has 4 rings (SSSR count). The molecule has 0 aromatic heterocycles. The predicted octanol–water partition coefficient (Wildman–Crippen LogP) is 2.67. The number of amides is 2. The molecule has 0 bridgehead atoms. The van der Waals surface area contributed by atoms with Crippen molar-refractivity contribution in [3.63, 3.8) is 0 Å². The summed E-state index contributed by atoms with van der Waals surface area (Å²) >= 11 is 0. The largest absolute Gasteiger partial charge is 0.573 e. The van der Waals surface area contributed by atoms with E-state index in [9.17, 15) is 22.8 Å². The molecule has 0 aliphatic carbocycles. The summed E-state index contributed by atoms with van der Waals surface area (Å²) in [5, 5.41) is 0. The molecule has 0 N–H and O–H groups in total. The molecule has 0 spiro atoms. The first-order valence-electron chi connectivity index (χ1n) is 9.81. The van der Waals surface area contributed by atoms with Gasteiger partial charge in [-0.25, -0.2) is 4.79 Å². The molecule has 3 aliphatic rings. The number of ketones is 1. The third-order valence-electron chi connectivity index (χ3n) is 5.54. The van der Waals surface area contributed by atoms with E-state index < -0.39 is 6.36 Å². The number of carbonyl (C=O) groups excluding carboxylic acids is 2. The molecule has 0 radical (unpaired) electrons. The molecule has 3 fully saturated rings. The SMILES string of the molecule is O=C1CO[C@H]2CCN(C(=O)N3CC(C#Cc4ccc(OC(F)(F)F)cc4)C3)C[C@H]2C1. The monoisotopic (exact) mass is 422 g/mol. The Kier molecular flexibility index (Phi) is 5.60. The molecular formula is C21H21F3N2O4. The van der Waals surface area contributed by atoms with Crippen molar-refractivity contribution in [1.82, 2.24) is 9.80 Å².